The summed E-state index contributed by atoms with van der Waals surface area (Å²) in [6.07, 6.45) is -0.326. The molecule has 0 bridgehead atoms. The standard InChI is InChI=1S/C19H20N2O3S.ClH/c22-19(24-14-11-20-9-12-23-13-10-20)21-15-5-1-3-7-17(15)25-18-8-4-2-6-16(18)21;/h1-8H,9-14H2;1H. The van der Waals surface area contributed by atoms with Crippen LogP contribution in [-0.2, 0) is 9.47 Å². The molecule has 0 saturated carbocycles. The lowest BCUT2D eigenvalue weighted by Crippen LogP contribution is -2.39. The summed E-state index contributed by atoms with van der Waals surface area (Å²) in [5.41, 5.74) is 1.75. The quantitative estimate of drug-likeness (QED) is 0.783. The summed E-state index contributed by atoms with van der Waals surface area (Å²) in [6.45, 7) is 4.40. The Labute approximate surface area is 163 Å². The predicted octanol–water partition coefficient (Wildman–Crippen LogP) is 4.18. The number of nitrogens with zero attached hydrogens (tertiary/aromatic N) is 2. The Morgan fingerprint density at radius 2 is 1.58 bits per heavy atom. The topological polar surface area (TPSA) is 42.0 Å². The van der Waals surface area contributed by atoms with Crippen LogP contribution in [0.25, 0.3) is 0 Å². The number of halogens is 1. The van der Waals surface area contributed by atoms with Crippen molar-refractivity contribution in [1.29, 1.82) is 0 Å². The third-order valence-electron chi connectivity index (χ3n) is 4.35. The van der Waals surface area contributed by atoms with Crippen LogP contribution < -0.4 is 4.90 Å². The van der Waals surface area contributed by atoms with Gasteiger partial charge in [-0.3, -0.25) is 4.90 Å². The zero-order valence-corrected chi connectivity index (χ0v) is 15.9. The van der Waals surface area contributed by atoms with Crippen LogP contribution in [0.3, 0.4) is 0 Å². The van der Waals surface area contributed by atoms with E-state index < -0.39 is 0 Å². The van der Waals surface area contributed by atoms with Crippen molar-refractivity contribution in [3.8, 4) is 0 Å². The van der Waals surface area contributed by atoms with E-state index in [0.717, 1.165) is 54.0 Å². The van der Waals surface area contributed by atoms with Crippen LogP contribution in [0, 0.1) is 0 Å². The molecular formula is C19H21ClN2O3S. The van der Waals surface area contributed by atoms with Gasteiger partial charge in [0.2, 0.25) is 0 Å². The molecule has 0 spiro atoms. The summed E-state index contributed by atoms with van der Waals surface area (Å²) in [5.74, 6) is 0. The van der Waals surface area contributed by atoms with E-state index in [2.05, 4.69) is 4.90 Å². The third-order valence-corrected chi connectivity index (χ3v) is 5.48. The molecule has 0 unspecified atom stereocenters. The molecule has 5 nitrogen and oxygen atoms in total. The molecule has 0 N–H and O–H groups in total. The highest BCUT2D eigenvalue weighted by molar-refractivity contribution is 7.99. The first kappa shape index (κ1) is 19.0. The Bertz CT molecular complexity index is 722. The van der Waals surface area contributed by atoms with E-state index in [1.54, 1.807) is 16.7 Å². The van der Waals surface area contributed by atoms with Crippen LogP contribution in [0.2, 0.25) is 0 Å². The molecule has 1 amide bonds. The number of anilines is 2. The number of hydrogen-bond donors (Lipinski definition) is 0. The van der Waals surface area contributed by atoms with Crippen molar-refractivity contribution < 1.29 is 14.3 Å². The van der Waals surface area contributed by atoms with E-state index in [1.807, 2.05) is 48.5 Å². The second-order valence-corrected chi connectivity index (χ2v) is 7.03. The number of para-hydroxylation sites is 2. The van der Waals surface area contributed by atoms with Crippen molar-refractivity contribution in [3.63, 3.8) is 0 Å². The van der Waals surface area contributed by atoms with Crippen LogP contribution in [0.5, 0.6) is 0 Å². The van der Waals surface area contributed by atoms with Gasteiger partial charge in [-0.2, -0.15) is 0 Å². The minimum Gasteiger partial charge on any atom is -0.448 e. The minimum absolute atomic E-state index is 0. The van der Waals surface area contributed by atoms with E-state index in [4.69, 9.17) is 9.47 Å². The number of morpholine rings is 1. The smallest absolute Gasteiger partial charge is 0.419 e. The maximum absolute atomic E-state index is 12.8. The molecule has 2 aliphatic heterocycles. The molecule has 26 heavy (non-hydrogen) atoms. The molecule has 0 atom stereocenters. The predicted molar refractivity (Wildman–Crippen MR) is 105 cm³/mol. The average Bonchev–Trinajstić information content (AvgIpc) is 2.66. The van der Waals surface area contributed by atoms with E-state index in [9.17, 15) is 4.79 Å². The van der Waals surface area contributed by atoms with Gasteiger partial charge in [0.1, 0.15) is 6.61 Å². The number of amides is 1. The van der Waals surface area contributed by atoms with Crippen molar-refractivity contribution in [3.05, 3.63) is 48.5 Å². The van der Waals surface area contributed by atoms with Gasteiger partial charge in [0.05, 0.1) is 24.6 Å². The summed E-state index contributed by atoms with van der Waals surface area (Å²) < 4.78 is 10.9. The molecule has 4 rings (SSSR count). The number of carbonyl (C=O) groups is 1. The Morgan fingerprint density at radius 3 is 2.19 bits per heavy atom. The first-order valence-electron chi connectivity index (χ1n) is 8.46. The van der Waals surface area contributed by atoms with Gasteiger partial charge < -0.3 is 9.47 Å². The van der Waals surface area contributed by atoms with Gasteiger partial charge in [-0.1, -0.05) is 36.0 Å². The molecule has 2 aromatic rings. The second-order valence-electron chi connectivity index (χ2n) is 5.94. The van der Waals surface area contributed by atoms with Gasteiger partial charge >= 0.3 is 6.09 Å². The highest BCUT2D eigenvalue weighted by Gasteiger charge is 2.29. The highest BCUT2D eigenvalue weighted by atomic mass is 35.5. The minimum atomic E-state index is -0.326. The molecule has 0 aromatic heterocycles. The van der Waals surface area contributed by atoms with Crippen molar-refractivity contribution >= 4 is 41.6 Å². The molecule has 0 aliphatic carbocycles. The van der Waals surface area contributed by atoms with Gasteiger partial charge in [-0.15, -0.1) is 12.4 Å². The first-order valence-corrected chi connectivity index (χ1v) is 9.27. The fraction of sp³-hybridized carbons (Fsp3) is 0.316. The maximum atomic E-state index is 12.8. The lowest BCUT2D eigenvalue weighted by molar-refractivity contribution is 0.0287. The largest absolute Gasteiger partial charge is 0.448 e. The van der Waals surface area contributed by atoms with Crippen LogP contribution in [0.1, 0.15) is 0 Å². The molecule has 2 aromatic carbocycles. The van der Waals surface area contributed by atoms with Crippen LogP contribution in [0.4, 0.5) is 16.2 Å². The average molecular weight is 393 g/mol. The summed E-state index contributed by atoms with van der Waals surface area (Å²) >= 11 is 1.68. The van der Waals surface area contributed by atoms with E-state index >= 15 is 0 Å². The van der Waals surface area contributed by atoms with Gasteiger partial charge in [0, 0.05) is 29.4 Å². The van der Waals surface area contributed by atoms with Crippen molar-refractivity contribution in [2.24, 2.45) is 0 Å². The lowest BCUT2D eigenvalue weighted by Gasteiger charge is -2.31. The Kier molecular flexibility index (Phi) is 6.43. The van der Waals surface area contributed by atoms with Crippen molar-refractivity contribution in [2.45, 2.75) is 9.79 Å². The summed E-state index contributed by atoms with van der Waals surface area (Å²) in [6, 6.07) is 15.9. The van der Waals surface area contributed by atoms with Crippen LogP contribution in [0.15, 0.2) is 58.3 Å². The maximum Gasteiger partial charge on any atom is 0.419 e. The number of hydrogen-bond acceptors (Lipinski definition) is 5. The Balaban J connectivity index is 0.00000196. The lowest BCUT2D eigenvalue weighted by atomic mass is 10.2. The molecule has 2 aliphatic rings. The summed E-state index contributed by atoms with van der Waals surface area (Å²) in [4.78, 5) is 18.9. The summed E-state index contributed by atoms with van der Waals surface area (Å²) in [7, 11) is 0. The van der Waals surface area contributed by atoms with Crippen LogP contribution >= 0.6 is 24.2 Å². The van der Waals surface area contributed by atoms with Gasteiger partial charge in [0.15, 0.2) is 0 Å². The van der Waals surface area contributed by atoms with Gasteiger partial charge in [0.25, 0.3) is 0 Å². The molecule has 0 radical (unpaired) electrons. The molecule has 1 fully saturated rings. The monoisotopic (exact) mass is 392 g/mol. The number of benzene rings is 2. The SMILES string of the molecule is Cl.O=C(OCCN1CCOCC1)N1c2ccccc2Sc2ccccc21. The molecule has 2 heterocycles. The normalized spacial score (nSPS) is 16.2. The number of ether oxygens (including phenoxy) is 2. The fourth-order valence-corrected chi connectivity index (χ4v) is 4.11. The Morgan fingerprint density at radius 1 is 1.00 bits per heavy atom. The van der Waals surface area contributed by atoms with Gasteiger partial charge in [-0.05, 0) is 24.3 Å². The van der Waals surface area contributed by atoms with E-state index in [0.29, 0.717) is 6.61 Å². The molecule has 138 valence electrons. The molecular weight excluding hydrogens is 372 g/mol. The fourth-order valence-electron chi connectivity index (χ4n) is 3.05. The summed E-state index contributed by atoms with van der Waals surface area (Å²) in [5, 5.41) is 0. The van der Waals surface area contributed by atoms with E-state index in [1.165, 1.54) is 0 Å². The van der Waals surface area contributed by atoms with E-state index in [-0.39, 0.29) is 18.5 Å². The first-order chi connectivity index (χ1) is 12.3. The van der Waals surface area contributed by atoms with Crippen molar-refractivity contribution in [2.75, 3.05) is 44.4 Å². The Hall–Kier alpha value is -1.73. The van der Waals surface area contributed by atoms with Gasteiger partial charge in [-0.25, -0.2) is 9.69 Å². The molecule has 1 saturated heterocycles. The number of carbonyl (C=O) groups excluding carboxylic acids is 1. The highest BCUT2D eigenvalue weighted by Crippen LogP contribution is 2.47. The third kappa shape index (κ3) is 3.99. The zero-order valence-electron chi connectivity index (χ0n) is 14.3. The number of fused-ring (bicyclic) bond motifs is 2. The molecule has 7 heteroatoms. The van der Waals surface area contributed by atoms with Crippen molar-refractivity contribution in [1.82, 2.24) is 4.90 Å². The second kappa shape index (κ2) is 8.77. The zero-order chi connectivity index (χ0) is 17.1. The van der Waals surface area contributed by atoms with Crippen LogP contribution in [-0.4, -0.2) is 50.4 Å². The number of rotatable bonds is 3.